The fourth-order valence-electron chi connectivity index (χ4n) is 3.27. The Labute approximate surface area is 115 Å². The Balaban J connectivity index is 1.66. The minimum absolute atomic E-state index is 0.122. The number of ether oxygens (including phenoxy) is 1. The van der Waals surface area contributed by atoms with Crippen molar-refractivity contribution in [1.82, 2.24) is 4.90 Å². The van der Waals surface area contributed by atoms with E-state index in [0.29, 0.717) is 6.61 Å². The van der Waals surface area contributed by atoms with Crippen LogP contribution in [0.5, 0.6) is 0 Å². The Bertz CT molecular complexity index is 421. The molecular formula is C16H24N2O. The van der Waals surface area contributed by atoms with Crippen molar-refractivity contribution in [1.29, 1.82) is 0 Å². The van der Waals surface area contributed by atoms with Gasteiger partial charge in [-0.05, 0) is 24.0 Å². The highest BCUT2D eigenvalue weighted by molar-refractivity contribution is 5.28. The molecule has 0 aliphatic carbocycles. The molecule has 3 rings (SSSR count). The van der Waals surface area contributed by atoms with Gasteiger partial charge in [0, 0.05) is 31.1 Å². The fraction of sp³-hybridized carbons (Fsp3) is 0.625. The van der Waals surface area contributed by atoms with Crippen LogP contribution in [0.3, 0.4) is 0 Å². The summed E-state index contributed by atoms with van der Waals surface area (Å²) in [6.45, 7) is 7.12. The van der Waals surface area contributed by atoms with E-state index in [1.807, 2.05) is 0 Å². The van der Waals surface area contributed by atoms with Gasteiger partial charge in [-0.2, -0.15) is 0 Å². The second kappa shape index (κ2) is 5.23. The number of hydrogen-bond donors (Lipinski definition) is 1. The van der Waals surface area contributed by atoms with E-state index in [1.165, 1.54) is 11.1 Å². The molecule has 3 nitrogen and oxygen atoms in total. The topological polar surface area (TPSA) is 38.5 Å². The number of benzene rings is 1. The third kappa shape index (κ3) is 2.69. The van der Waals surface area contributed by atoms with Gasteiger partial charge in [-0.1, -0.05) is 31.2 Å². The molecule has 19 heavy (non-hydrogen) atoms. The Kier molecular flexibility index (Phi) is 3.61. The Morgan fingerprint density at radius 2 is 1.89 bits per heavy atom. The molecule has 2 N–H and O–H groups in total. The van der Waals surface area contributed by atoms with Gasteiger partial charge in [-0.25, -0.2) is 0 Å². The van der Waals surface area contributed by atoms with E-state index in [-0.39, 0.29) is 11.5 Å². The SMILES string of the molecule is CC1(CN2CCc3ccccc3CC2)COCC1N. The third-order valence-electron chi connectivity index (χ3n) is 4.72. The van der Waals surface area contributed by atoms with Crippen LogP contribution in [-0.4, -0.2) is 43.8 Å². The molecule has 3 heteroatoms. The average Bonchev–Trinajstić information content (AvgIpc) is 2.63. The molecule has 1 saturated heterocycles. The summed E-state index contributed by atoms with van der Waals surface area (Å²) < 4.78 is 5.56. The van der Waals surface area contributed by atoms with Crippen LogP contribution in [0.2, 0.25) is 0 Å². The van der Waals surface area contributed by atoms with Crippen LogP contribution in [0.25, 0.3) is 0 Å². The zero-order chi connectivity index (χ0) is 13.3. The van der Waals surface area contributed by atoms with E-state index >= 15 is 0 Å². The van der Waals surface area contributed by atoms with Gasteiger partial charge in [0.15, 0.2) is 0 Å². The summed E-state index contributed by atoms with van der Waals surface area (Å²) in [6, 6.07) is 9.02. The zero-order valence-electron chi connectivity index (χ0n) is 11.8. The Hall–Kier alpha value is -0.900. The molecule has 1 aromatic carbocycles. The standard InChI is InChI=1S/C16H24N2O/c1-16(12-19-10-15(16)17)11-18-8-6-13-4-2-3-5-14(13)7-9-18/h2-5,15H,6-12,17H2,1H3. The number of nitrogens with zero attached hydrogens (tertiary/aromatic N) is 1. The first-order valence-corrected chi connectivity index (χ1v) is 7.30. The highest BCUT2D eigenvalue weighted by atomic mass is 16.5. The van der Waals surface area contributed by atoms with E-state index in [2.05, 4.69) is 36.1 Å². The lowest BCUT2D eigenvalue weighted by Gasteiger charge is -2.33. The molecule has 0 spiro atoms. The monoisotopic (exact) mass is 260 g/mol. The van der Waals surface area contributed by atoms with E-state index < -0.39 is 0 Å². The van der Waals surface area contributed by atoms with Crippen LogP contribution in [0, 0.1) is 5.41 Å². The quantitative estimate of drug-likeness (QED) is 0.875. The molecule has 2 heterocycles. The van der Waals surface area contributed by atoms with E-state index in [1.54, 1.807) is 0 Å². The summed E-state index contributed by atoms with van der Waals surface area (Å²) in [5.41, 5.74) is 9.36. The first-order valence-electron chi connectivity index (χ1n) is 7.30. The van der Waals surface area contributed by atoms with Crippen LogP contribution in [0.1, 0.15) is 18.1 Å². The maximum Gasteiger partial charge on any atom is 0.0624 e. The second-order valence-electron chi connectivity index (χ2n) is 6.32. The van der Waals surface area contributed by atoms with Crippen LogP contribution in [-0.2, 0) is 17.6 Å². The van der Waals surface area contributed by atoms with Crippen molar-refractivity contribution < 1.29 is 4.74 Å². The molecule has 0 bridgehead atoms. The van der Waals surface area contributed by atoms with Crippen LogP contribution in [0.4, 0.5) is 0 Å². The molecule has 2 aliphatic heterocycles. The zero-order valence-corrected chi connectivity index (χ0v) is 11.8. The van der Waals surface area contributed by atoms with Crippen molar-refractivity contribution in [2.24, 2.45) is 11.1 Å². The number of hydrogen-bond acceptors (Lipinski definition) is 3. The molecule has 0 aromatic heterocycles. The molecule has 1 fully saturated rings. The highest BCUT2D eigenvalue weighted by Gasteiger charge is 2.39. The summed E-state index contributed by atoms with van der Waals surface area (Å²) in [6.07, 6.45) is 2.31. The van der Waals surface area contributed by atoms with Crippen molar-refractivity contribution in [3.63, 3.8) is 0 Å². The second-order valence-corrected chi connectivity index (χ2v) is 6.32. The molecule has 0 saturated carbocycles. The normalized spacial score (nSPS) is 32.0. The first kappa shape index (κ1) is 13.1. The van der Waals surface area contributed by atoms with Gasteiger partial charge in [-0.15, -0.1) is 0 Å². The maximum absolute atomic E-state index is 6.20. The molecule has 2 atom stereocenters. The van der Waals surface area contributed by atoms with Crippen LogP contribution >= 0.6 is 0 Å². The summed E-state index contributed by atoms with van der Waals surface area (Å²) in [5, 5.41) is 0. The lowest BCUT2D eigenvalue weighted by atomic mass is 9.85. The van der Waals surface area contributed by atoms with Gasteiger partial charge in [-0.3, -0.25) is 0 Å². The molecule has 2 unspecified atom stereocenters. The summed E-state index contributed by atoms with van der Waals surface area (Å²) in [5.74, 6) is 0. The molecular weight excluding hydrogens is 236 g/mol. The number of fused-ring (bicyclic) bond motifs is 1. The van der Waals surface area contributed by atoms with Gasteiger partial charge in [0.1, 0.15) is 0 Å². The van der Waals surface area contributed by atoms with Crippen molar-refractivity contribution in [2.75, 3.05) is 32.8 Å². The maximum atomic E-state index is 6.20. The lowest BCUT2D eigenvalue weighted by Crippen LogP contribution is -2.47. The predicted molar refractivity (Wildman–Crippen MR) is 77.2 cm³/mol. The van der Waals surface area contributed by atoms with Gasteiger partial charge in [0.2, 0.25) is 0 Å². The van der Waals surface area contributed by atoms with Gasteiger partial charge in [0.05, 0.1) is 13.2 Å². The molecule has 0 amide bonds. The summed E-state index contributed by atoms with van der Waals surface area (Å²) in [4.78, 5) is 2.56. The van der Waals surface area contributed by atoms with Crippen molar-refractivity contribution in [3.05, 3.63) is 35.4 Å². The third-order valence-corrected chi connectivity index (χ3v) is 4.72. The number of nitrogens with two attached hydrogens (primary N) is 1. The minimum Gasteiger partial charge on any atom is -0.379 e. The molecule has 104 valence electrons. The van der Waals surface area contributed by atoms with E-state index in [4.69, 9.17) is 10.5 Å². The first-order chi connectivity index (χ1) is 9.17. The lowest BCUT2D eigenvalue weighted by molar-refractivity contribution is 0.121. The van der Waals surface area contributed by atoms with E-state index in [0.717, 1.165) is 39.1 Å². The summed E-state index contributed by atoms with van der Waals surface area (Å²) in [7, 11) is 0. The van der Waals surface area contributed by atoms with Crippen molar-refractivity contribution >= 4 is 0 Å². The largest absolute Gasteiger partial charge is 0.379 e. The fourth-order valence-corrected chi connectivity index (χ4v) is 3.27. The smallest absolute Gasteiger partial charge is 0.0624 e. The Morgan fingerprint density at radius 1 is 1.26 bits per heavy atom. The summed E-state index contributed by atoms with van der Waals surface area (Å²) >= 11 is 0. The van der Waals surface area contributed by atoms with Gasteiger partial charge >= 0.3 is 0 Å². The molecule has 2 aliphatic rings. The van der Waals surface area contributed by atoms with Gasteiger partial charge < -0.3 is 15.4 Å². The average molecular weight is 260 g/mol. The van der Waals surface area contributed by atoms with Gasteiger partial charge in [0.25, 0.3) is 0 Å². The van der Waals surface area contributed by atoms with E-state index in [9.17, 15) is 0 Å². The molecule has 1 aromatic rings. The highest BCUT2D eigenvalue weighted by Crippen LogP contribution is 2.29. The van der Waals surface area contributed by atoms with Crippen molar-refractivity contribution in [3.8, 4) is 0 Å². The Morgan fingerprint density at radius 3 is 2.42 bits per heavy atom. The van der Waals surface area contributed by atoms with Crippen LogP contribution in [0.15, 0.2) is 24.3 Å². The number of rotatable bonds is 2. The minimum atomic E-state index is 0.122. The predicted octanol–water partition coefficient (Wildman–Crippen LogP) is 1.45. The van der Waals surface area contributed by atoms with Crippen molar-refractivity contribution in [2.45, 2.75) is 25.8 Å². The molecule has 0 radical (unpaired) electrons. The van der Waals surface area contributed by atoms with Crippen LogP contribution < -0.4 is 5.73 Å².